The van der Waals surface area contributed by atoms with Gasteiger partial charge in [-0.05, 0) is 81.6 Å². The number of carbonyl (C=O) groups is 1. The van der Waals surface area contributed by atoms with E-state index in [1.165, 1.54) is 22.4 Å². The molecule has 0 N–H and O–H groups in total. The third kappa shape index (κ3) is 5.26. The van der Waals surface area contributed by atoms with Crippen LogP contribution in [0.1, 0.15) is 36.5 Å². The number of benzene rings is 2. The van der Waals surface area contributed by atoms with Crippen LogP contribution in [0.3, 0.4) is 0 Å². The highest BCUT2D eigenvalue weighted by molar-refractivity contribution is 5.79. The van der Waals surface area contributed by atoms with Crippen LogP contribution in [0.2, 0.25) is 0 Å². The normalized spacial score (nSPS) is 18.1. The van der Waals surface area contributed by atoms with Gasteiger partial charge in [-0.3, -0.25) is 9.69 Å². The van der Waals surface area contributed by atoms with E-state index in [4.69, 9.17) is 4.74 Å². The number of ether oxygens (including phenoxy) is 1. The maximum Gasteiger partial charge on any atom is 0.225 e. The minimum atomic E-state index is 0.174. The highest BCUT2D eigenvalue weighted by Gasteiger charge is 2.30. The predicted molar refractivity (Wildman–Crippen MR) is 130 cm³/mol. The molecule has 0 saturated carbocycles. The predicted octanol–water partition coefficient (Wildman–Crippen LogP) is 4.26. The number of likely N-dealkylation sites (tertiary alicyclic amines) is 1. The lowest BCUT2D eigenvalue weighted by Crippen LogP contribution is -2.51. The molecule has 1 amide bonds. The van der Waals surface area contributed by atoms with Crippen LogP contribution in [0.15, 0.2) is 42.5 Å². The first-order chi connectivity index (χ1) is 15.5. The summed E-state index contributed by atoms with van der Waals surface area (Å²) in [6, 6.07) is 14.9. The molecule has 0 radical (unpaired) electrons. The largest absolute Gasteiger partial charge is 0.494 e. The molecule has 0 atom stereocenters. The number of hydrogen-bond donors (Lipinski definition) is 0. The third-order valence-corrected chi connectivity index (χ3v) is 7.06. The van der Waals surface area contributed by atoms with Crippen LogP contribution in [0.4, 0.5) is 5.69 Å². The summed E-state index contributed by atoms with van der Waals surface area (Å²) in [5.41, 5.74) is 5.28. The van der Waals surface area contributed by atoms with Crippen molar-refractivity contribution in [2.75, 3.05) is 50.8 Å². The summed E-state index contributed by atoms with van der Waals surface area (Å²) in [5, 5.41) is 0. The number of nitrogens with zero attached hydrogens (tertiary/aromatic N) is 3. The highest BCUT2D eigenvalue weighted by Crippen LogP contribution is 2.26. The zero-order valence-corrected chi connectivity index (χ0v) is 19.8. The van der Waals surface area contributed by atoms with Crippen molar-refractivity contribution >= 4 is 11.6 Å². The van der Waals surface area contributed by atoms with Crippen LogP contribution in [0, 0.1) is 19.8 Å². The summed E-state index contributed by atoms with van der Waals surface area (Å²) in [6.45, 7) is 13.5. The lowest BCUT2D eigenvalue weighted by molar-refractivity contribution is -0.137. The molecule has 0 aliphatic carbocycles. The first-order valence-electron chi connectivity index (χ1n) is 12.1. The van der Waals surface area contributed by atoms with Crippen molar-refractivity contribution in [3.8, 4) is 5.75 Å². The fraction of sp³-hybridized carbons (Fsp3) is 0.519. The van der Waals surface area contributed by atoms with Crippen LogP contribution >= 0.6 is 0 Å². The van der Waals surface area contributed by atoms with E-state index in [9.17, 15) is 4.79 Å². The molecule has 2 aromatic carbocycles. The molecule has 4 rings (SSSR count). The van der Waals surface area contributed by atoms with E-state index >= 15 is 0 Å². The first kappa shape index (κ1) is 22.7. The molecule has 0 unspecified atom stereocenters. The Balaban J connectivity index is 1.25. The number of piperidine rings is 1. The van der Waals surface area contributed by atoms with Crippen LogP contribution in [0.25, 0.3) is 0 Å². The Morgan fingerprint density at radius 1 is 0.969 bits per heavy atom. The number of hydrogen-bond acceptors (Lipinski definition) is 4. The molecule has 5 nitrogen and oxygen atoms in total. The standard InChI is InChI=1S/C27H37N3O2/c1-4-32-25-9-6-8-23(19-25)20-28-13-11-24(12-14-28)27(31)30-17-15-29(16-18-30)26-10-5-7-21(2)22(26)3/h5-10,19,24H,4,11-18,20H2,1-3H3. The van der Waals surface area contributed by atoms with Crippen molar-refractivity contribution in [1.82, 2.24) is 9.80 Å². The Morgan fingerprint density at radius 2 is 1.69 bits per heavy atom. The van der Waals surface area contributed by atoms with E-state index in [0.29, 0.717) is 12.5 Å². The summed E-state index contributed by atoms with van der Waals surface area (Å²) in [6.07, 6.45) is 1.92. The molecule has 0 aromatic heterocycles. The summed E-state index contributed by atoms with van der Waals surface area (Å²) >= 11 is 0. The molecule has 2 aromatic rings. The Bertz CT molecular complexity index is 913. The van der Waals surface area contributed by atoms with E-state index < -0.39 is 0 Å². The average molecular weight is 436 g/mol. The van der Waals surface area contributed by atoms with Gasteiger partial charge in [0, 0.05) is 44.3 Å². The number of piperazine rings is 1. The Hall–Kier alpha value is -2.53. The van der Waals surface area contributed by atoms with Crippen molar-refractivity contribution in [2.45, 2.75) is 40.2 Å². The highest BCUT2D eigenvalue weighted by atomic mass is 16.5. The van der Waals surface area contributed by atoms with Crippen molar-refractivity contribution in [3.63, 3.8) is 0 Å². The molecule has 2 aliphatic heterocycles. The number of aryl methyl sites for hydroxylation is 1. The monoisotopic (exact) mass is 435 g/mol. The molecule has 2 aliphatic rings. The van der Waals surface area contributed by atoms with E-state index in [0.717, 1.165) is 64.4 Å². The van der Waals surface area contributed by atoms with E-state index in [2.05, 4.69) is 64.9 Å². The van der Waals surface area contributed by atoms with Crippen LogP contribution in [0.5, 0.6) is 5.75 Å². The zero-order chi connectivity index (χ0) is 22.5. The topological polar surface area (TPSA) is 36.0 Å². The fourth-order valence-electron chi connectivity index (χ4n) is 5.00. The van der Waals surface area contributed by atoms with E-state index in [1.54, 1.807) is 0 Å². The quantitative estimate of drug-likeness (QED) is 0.679. The molecule has 172 valence electrons. The molecule has 2 saturated heterocycles. The van der Waals surface area contributed by atoms with Gasteiger partial charge in [-0.1, -0.05) is 24.3 Å². The molecule has 2 heterocycles. The first-order valence-corrected chi connectivity index (χ1v) is 12.1. The summed E-state index contributed by atoms with van der Waals surface area (Å²) in [4.78, 5) is 20.2. The smallest absolute Gasteiger partial charge is 0.225 e. The number of amides is 1. The number of rotatable bonds is 6. The van der Waals surface area contributed by atoms with Gasteiger partial charge in [-0.25, -0.2) is 0 Å². The second-order valence-electron chi connectivity index (χ2n) is 9.16. The maximum atomic E-state index is 13.2. The second kappa shape index (κ2) is 10.4. The van der Waals surface area contributed by atoms with Gasteiger partial charge in [0.25, 0.3) is 0 Å². The maximum absolute atomic E-state index is 13.2. The molecule has 32 heavy (non-hydrogen) atoms. The lowest BCUT2D eigenvalue weighted by Gasteiger charge is -2.40. The van der Waals surface area contributed by atoms with Gasteiger partial charge >= 0.3 is 0 Å². The molecule has 0 bridgehead atoms. The zero-order valence-electron chi connectivity index (χ0n) is 19.8. The van der Waals surface area contributed by atoms with Crippen LogP contribution < -0.4 is 9.64 Å². The van der Waals surface area contributed by atoms with Crippen molar-refractivity contribution < 1.29 is 9.53 Å². The summed E-state index contributed by atoms with van der Waals surface area (Å²) < 4.78 is 5.63. The van der Waals surface area contributed by atoms with Crippen LogP contribution in [-0.4, -0.2) is 61.6 Å². The Labute approximate surface area is 193 Å². The minimum Gasteiger partial charge on any atom is -0.494 e. The van der Waals surface area contributed by atoms with Gasteiger partial charge in [-0.2, -0.15) is 0 Å². The van der Waals surface area contributed by atoms with E-state index in [1.807, 2.05) is 13.0 Å². The van der Waals surface area contributed by atoms with Crippen molar-refractivity contribution in [2.24, 2.45) is 5.92 Å². The number of anilines is 1. The van der Waals surface area contributed by atoms with Crippen molar-refractivity contribution in [3.05, 3.63) is 59.2 Å². The lowest BCUT2D eigenvalue weighted by atomic mass is 9.94. The van der Waals surface area contributed by atoms with Crippen LogP contribution in [-0.2, 0) is 11.3 Å². The SMILES string of the molecule is CCOc1cccc(CN2CCC(C(=O)N3CCN(c4cccc(C)c4C)CC3)CC2)c1. The van der Waals surface area contributed by atoms with Gasteiger partial charge in [0.2, 0.25) is 5.91 Å². The van der Waals surface area contributed by atoms with E-state index in [-0.39, 0.29) is 5.92 Å². The van der Waals surface area contributed by atoms with Gasteiger partial charge in [0.1, 0.15) is 5.75 Å². The number of carbonyl (C=O) groups excluding carboxylic acids is 1. The molecule has 5 heteroatoms. The molecular weight excluding hydrogens is 398 g/mol. The third-order valence-electron chi connectivity index (χ3n) is 7.06. The van der Waals surface area contributed by atoms with Gasteiger partial charge < -0.3 is 14.5 Å². The molecule has 2 fully saturated rings. The minimum absolute atomic E-state index is 0.174. The fourth-order valence-corrected chi connectivity index (χ4v) is 5.00. The van der Waals surface area contributed by atoms with Gasteiger partial charge in [-0.15, -0.1) is 0 Å². The Kier molecular flexibility index (Phi) is 7.36. The molecule has 0 spiro atoms. The average Bonchev–Trinajstić information content (AvgIpc) is 2.82. The second-order valence-corrected chi connectivity index (χ2v) is 9.16. The molecular formula is C27H37N3O2. The van der Waals surface area contributed by atoms with Gasteiger partial charge in [0.15, 0.2) is 0 Å². The van der Waals surface area contributed by atoms with Crippen molar-refractivity contribution in [1.29, 1.82) is 0 Å². The summed E-state index contributed by atoms with van der Waals surface area (Å²) in [7, 11) is 0. The van der Waals surface area contributed by atoms with Gasteiger partial charge in [0.05, 0.1) is 6.61 Å². The Morgan fingerprint density at radius 3 is 2.41 bits per heavy atom. The summed E-state index contributed by atoms with van der Waals surface area (Å²) in [5.74, 6) is 1.48.